The van der Waals surface area contributed by atoms with Gasteiger partial charge in [0.05, 0.1) is 37.9 Å². The van der Waals surface area contributed by atoms with E-state index in [2.05, 4.69) is 15.5 Å². The molecule has 0 unspecified atom stereocenters. The number of hydrogen-bond donors (Lipinski definition) is 2. The molecule has 1 aromatic rings. The summed E-state index contributed by atoms with van der Waals surface area (Å²) < 4.78 is 15.7. The van der Waals surface area contributed by atoms with E-state index in [0.29, 0.717) is 56.1 Å². The Balaban J connectivity index is 1.83. The average molecular weight is 446 g/mol. The topological polar surface area (TPSA) is 106 Å². The van der Waals surface area contributed by atoms with Crippen molar-refractivity contribution < 1.29 is 28.6 Å². The summed E-state index contributed by atoms with van der Waals surface area (Å²) in [7, 11) is 1.58. The van der Waals surface area contributed by atoms with Gasteiger partial charge in [0.1, 0.15) is 5.75 Å². The van der Waals surface area contributed by atoms with Crippen LogP contribution in [0.3, 0.4) is 0 Å². The number of hydrogen-bond acceptors (Lipinski definition) is 7. The van der Waals surface area contributed by atoms with E-state index in [4.69, 9.17) is 14.2 Å². The first-order chi connectivity index (χ1) is 15.5. The molecule has 3 rings (SSSR count). The highest BCUT2D eigenvalue weighted by Crippen LogP contribution is 2.30. The zero-order valence-corrected chi connectivity index (χ0v) is 18.8. The van der Waals surface area contributed by atoms with Crippen LogP contribution in [-0.2, 0) is 19.1 Å². The van der Waals surface area contributed by atoms with Crippen molar-refractivity contribution in [3.63, 3.8) is 0 Å². The molecule has 174 valence electrons. The predicted octanol–water partition coefficient (Wildman–Crippen LogP) is 2.14. The van der Waals surface area contributed by atoms with Gasteiger partial charge in [-0.15, -0.1) is 0 Å². The van der Waals surface area contributed by atoms with E-state index in [9.17, 15) is 14.4 Å². The quantitative estimate of drug-likeness (QED) is 0.591. The fraction of sp³-hybridized carbons (Fsp3) is 0.522. The highest BCUT2D eigenvalue weighted by atomic mass is 16.5. The molecular weight excluding hydrogens is 414 g/mol. The van der Waals surface area contributed by atoms with Gasteiger partial charge < -0.3 is 24.8 Å². The lowest BCUT2D eigenvalue weighted by molar-refractivity contribution is -0.149. The Hall–Kier alpha value is -3.07. The Morgan fingerprint density at radius 1 is 1.06 bits per heavy atom. The summed E-state index contributed by atoms with van der Waals surface area (Å²) in [5.74, 6) is -0.0646. The van der Waals surface area contributed by atoms with Crippen LogP contribution in [0.15, 0.2) is 35.5 Å². The average Bonchev–Trinajstić information content (AvgIpc) is 2.79. The maximum atomic E-state index is 12.9. The van der Waals surface area contributed by atoms with E-state index in [1.807, 2.05) is 12.1 Å². The first-order valence-corrected chi connectivity index (χ1v) is 11.0. The zero-order valence-electron chi connectivity index (χ0n) is 18.8. The number of carbonyl (C=O) groups is 3. The van der Waals surface area contributed by atoms with Crippen molar-refractivity contribution >= 4 is 18.0 Å². The van der Waals surface area contributed by atoms with Gasteiger partial charge in [0.2, 0.25) is 0 Å². The normalized spacial score (nSPS) is 19.7. The molecule has 0 saturated carbocycles. The van der Waals surface area contributed by atoms with Gasteiger partial charge in [-0.2, -0.15) is 0 Å². The number of piperidine rings is 1. The van der Waals surface area contributed by atoms with E-state index in [-0.39, 0.29) is 24.5 Å². The number of ether oxygens (including phenoxy) is 3. The number of rotatable bonds is 8. The number of esters is 2. The predicted molar refractivity (Wildman–Crippen MR) is 117 cm³/mol. The summed E-state index contributed by atoms with van der Waals surface area (Å²) in [5, 5.41) is 5.63. The lowest BCUT2D eigenvalue weighted by Crippen LogP contribution is -2.49. The lowest BCUT2D eigenvalue weighted by Gasteiger charge is -2.35. The number of carbonyl (C=O) groups excluding carboxylic acids is 3. The highest BCUT2D eigenvalue weighted by molar-refractivity contribution is 5.95. The monoisotopic (exact) mass is 445 g/mol. The van der Waals surface area contributed by atoms with E-state index in [1.54, 1.807) is 33.1 Å². The van der Waals surface area contributed by atoms with Crippen LogP contribution < -0.4 is 15.4 Å². The van der Waals surface area contributed by atoms with Crippen molar-refractivity contribution in [1.82, 2.24) is 15.5 Å². The molecule has 9 heteroatoms. The summed E-state index contributed by atoms with van der Waals surface area (Å²) in [6, 6.07) is 6.18. The number of likely N-dealkylation sites (tertiary alicyclic amines) is 1. The van der Waals surface area contributed by atoms with Crippen molar-refractivity contribution in [2.75, 3.05) is 40.0 Å². The molecule has 0 spiro atoms. The van der Waals surface area contributed by atoms with Gasteiger partial charge >= 0.3 is 18.0 Å². The second-order valence-corrected chi connectivity index (χ2v) is 7.72. The summed E-state index contributed by atoms with van der Waals surface area (Å²) in [4.78, 5) is 39.5. The third kappa shape index (κ3) is 5.59. The van der Waals surface area contributed by atoms with Crippen LogP contribution in [0, 0.1) is 5.92 Å². The van der Waals surface area contributed by atoms with Crippen molar-refractivity contribution in [3.8, 4) is 5.75 Å². The van der Waals surface area contributed by atoms with Gasteiger partial charge in [-0.3, -0.25) is 9.69 Å². The number of amides is 2. The standard InChI is InChI=1S/C23H31N3O6/c1-4-31-21(27)16-10-12-26(13-11-16)14-18-19(22(28)32-5-2)20(25-23(29)24-18)15-6-8-17(30-3)9-7-15/h6-9,16,20H,4-5,10-14H2,1-3H3,(H2,24,25,29)/t20-/m1/s1. The molecule has 0 aliphatic carbocycles. The van der Waals surface area contributed by atoms with Gasteiger partial charge in [-0.25, -0.2) is 9.59 Å². The van der Waals surface area contributed by atoms with Gasteiger partial charge in [0.15, 0.2) is 0 Å². The smallest absolute Gasteiger partial charge is 0.338 e. The number of benzene rings is 1. The minimum absolute atomic E-state index is 0.112. The van der Waals surface area contributed by atoms with Crippen LogP contribution in [0.1, 0.15) is 38.3 Å². The maximum Gasteiger partial charge on any atom is 0.338 e. The van der Waals surface area contributed by atoms with E-state index in [1.165, 1.54) is 0 Å². The molecule has 0 bridgehead atoms. The van der Waals surface area contributed by atoms with Crippen LogP contribution in [-0.4, -0.2) is 62.8 Å². The van der Waals surface area contributed by atoms with E-state index in [0.717, 1.165) is 5.56 Å². The number of methoxy groups -OCH3 is 1. The summed E-state index contributed by atoms with van der Waals surface area (Å²) in [5.41, 5.74) is 1.65. The molecule has 0 aromatic heterocycles. The third-order valence-corrected chi connectivity index (χ3v) is 5.69. The first kappa shape index (κ1) is 23.6. The van der Waals surface area contributed by atoms with Crippen molar-refractivity contribution in [1.29, 1.82) is 0 Å². The second-order valence-electron chi connectivity index (χ2n) is 7.72. The minimum atomic E-state index is -0.638. The SMILES string of the molecule is CCOC(=O)C1=C(CN2CCC(C(=O)OCC)CC2)NC(=O)N[C@@H]1c1ccc(OC)cc1. The molecule has 1 fully saturated rings. The van der Waals surface area contributed by atoms with E-state index >= 15 is 0 Å². The van der Waals surface area contributed by atoms with Crippen LogP contribution in [0.25, 0.3) is 0 Å². The van der Waals surface area contributed by atoms with Gasteiger partial charge in [0.25, 0.3) is 0 Å². The number of nitrogens with one attached hydrogen (secondary N) is 2. The molecule has 1 atom stereocenters. The summed E-state index contributed by atoms with van der Waals surface area (Å²) in [6.45, 7) is 5.86. The Morgan fingerprint density at radius 2 is 1.72 bits per heavy atom. The molecule has 2 amide bonds. The van der Waals surface area contributed by atoms with Crippen LogP contribution in [0.2, 0.25) is 0 Å². The van der Waals surface area contributed by atoms with Gasteiger partial charge in [-0.1, -0.05) is 12.1 Å². The molecular formula is C23H31N3O6. The van der Waals surface area contributed by atoms with Crippen LogP contribution in [0.5, 0.6) is 5.75 Å². The molecule has 32 heavy (non-hydrogen) atoms. The Morgan fingerprint density at radius 3 is 2.31 bits per heavy atom. The molecule has 2 aliphatic rings. The largest absolute Gasteiger partial charge is 0.497 e. The Kier molecular flexibility index (Phi) is 8.10. The highest BCUT2D eigenvalue weighted by Gasteiger charge is 2.35. The van der Waals surface area contributed by atoms with Crippen LogP contribution >= 0.6 is 0 Å². The Bertz CT molecular complexity index is 859. The van der Waals surface area contributed by atoms with Crippen molar-refractivity contribution in [2.24, 2.45) is 5.92 Å². The van der Waals surface area contributed by atoms with Crippen LogP contribution in [0.4, 0.5) is 4.79 Å². The first-order valence-electron chi connectivity index (χ1n) is 11.0. The molecule has 9 nitrogen and oxygen atoms in total. The third-order valence-electron chi connectivity index (χ3n) is 5.69. The van der Waals surface area contributed by atoms with Gasteiger partial charge in [-0.05, 0) is 57.5 Å². The Labute approximate surface area is 188 Å². The lowest BCUT2D eigenvalue weighted by atomic mass is 9.93. The minimum Gasteiger partial charge on any atom is -0.497 e. The second kappa shape index (κ2) is 11.0. The molecule has 2 N–H and O–H groups in total. The zero-order chi connectivity index (χ0) is 23.1. The van der Waals surface area contributed by atoms with E-state index < -0.39 is 12.0 Å². The van der Waals surface area contributed by atoms with Crippen molar-refractivity contribution in [3.05, 3.63) is 41.1 Å². The molecule has 2 heterocycles. The summed E-state index contributed by atoms with van der Waals surface area (Å²) >= 11 is 0. The summed E-state index contributed by atoms with van der Waals surface area (Å²) in [6.07, 6.45) is 1.35. The molecule has 2 aliphatic heterocycles. The van der Waals surface area contributed by atoms with Gasteiger partial charge in [0, 0.05) is 12.2 Å². The number of nitrogens with zero attached hydrogens (tertiary/aromatic N) is 1. The fourth-order valence-corrected chi connectivity index (χ4v) is 4.05. The molecule has 1 aromatic carbocycles. The fourth-order valence-electron chi connectivity index (χ4n) is 4.05. The maximum absolute atomic E-state index is 12.9. The molecule has 1 saturated heterocycles. The molecule has 0 radical (unpaired) electrons. The number of urea groups is 1. The van der Waals surface area contributed by atoms with Crippen molar-refractivity contribution in [2.45, 2.75) is 32.7 Å².